The van der Waals surface area contributed by atoms with Crippen molar-refractivity contribution in [2.45, 2.75) is 19.6 Å². The van der Waals surface area contributed by atoms with Crippen LogP contribution in [0.2, 0.25) is 0 Å². The number of methoxy groups -OCH3 is 2. The molecule has 1 aromatic carbocycles. The second-order valence-corrected chi connectivity index (χ2v) is 7.37. The maximum atomic E-state index is 5.65. The SMILES string of the molecule is COc1cc2c(cc1OC)CN(Cn1nc(-c3cccs3)oc1=S)CC2. The van der Waals surface area contributed by atoms with E-state index in [9.17, 15) is 0 Å². The second kappa shape index (κ2) is 7.22. The second-order valence-electron chi connectivity index (χ2n) is 6.07. The van der Waals surface area contributed by atoms with Gasteiger partial charge in [0, 0.05) is 13.1 Å². The molecule has 0 aliphatic carbocycles. The molecule has 6 nitrogen and oxygen atoms in total. The van der Waals surface area contributed by atoms with Gasteiger partial charge in [-0.25, -0.2) is 4.68 Å². The molecule has 0 saturated carbocycles. The summed E-state index contributed by atoms with van der Waals surface area (Å²) in [6.07, 6.45) is 0.943. The van der Waals surface area contributed by atoms with E-state index in [1.165, 1.54) is 11.1 Å². The van der Waals surface area contributed by atoms with E-state index in [1.807, 2.05) is 17.5 Å². The van der Waals surface area contributed by atoms with Crippen LogP contribution in [0.25, 0.3) is 10.8 Å². The number of hydrogen-bond donors (Lipinski definition) is 0. The summed E-state index contributed by atoms with van der Waals surface area (Å²) in [4.78, 5) is 3.67. The van der Waals surface area contributed by atoms with Crippen LogP contribution in [0.3, 0.4) is 0 Å². The highest BCUT2D eigenvalue weighted by atomic mass is 32.1. The summed E-state index contributed by atoms with van der Waals surface area (Å²) in [5, 5.41) is 6.53. The van der Waals surface area contributed by atoms with Crippen LogP contribution in [-0.4, -0.2) is 35.4 Å². The first kappa shape index (κ1) is 17.3. The number of rotatable bonds is 5. The highest BCUT2D eigenvalue weighted by Gasteiger charge is 2.21. The molecule has 4 rings (SSSR count). The molecule has 0 spiro atoms. The van der Waals surface area contributed by atoms with Crippen molar-refractivity contribution < 1.29 is 13.9 Å². The zero-order valence-corrected chi connectivity index (χ0v) is 16.2. The van der Waals surface area contributed by atoms with Gasteiger partial charge in [0.2, 0.25) is 0 Å². The molecule has 1 aliphatic heterocycles. The van der Waals surface area contributed by atoms with E-state index >= 15 is 0 Å². The number of ether oxygens (including phenoxy) is 2. The Bertz CT molecular complexity index is 963. The third-order valence-corrected chi connectivity index (χ3v) is 5.62. The van der Waals surface area contributed by atoms with E-state index in [2.05, 4.69) is 22.1 Å². The van der Waals surface area contributed by atoms with E-state index in [-0.39, 0.29) is 0 Å². The van der Waals surface area contributed by atoms with Gasteiger partial charge in [0.25, 0.3) is 10.7 Å². The number of nitrogens with zero attached hydrogens (tertiary/aromatic N) is 3. The van der Waals surface area contributed by atoms with Crippen molar-refractivity contribution in [1.29, 1.82) is 0 Å². The number of thiophene rings is 1. The van der Waals surface area contributed by atoms with Crippen LogP contribution < -0.4 is 9.47 Å². The van der Waals surface area contributed by atoms with Crippen molar-refractivity contribution in [2.24, 2.45) is 0 Å². The van der Waals surface area contributed by atoms with Crippen LogP contribution in [0.5, 0.6) is 11.5 Å². The zero-order valence-electron chi connectivity index (χ0n) is 14.6. The molecule has 0 N–H and O–H groups in total. The molecular weight excluding hydrogens is 370 g/mol. The number of hydrogen-bond acceptors (Lipinski definition) is 7. The van der Waals surface area contributed by atoms with Crippen LogP contribution >= 0.6 is 23.6 Å². The Morgan fingerprint density at radius 1 is 1.23 bits per heavy atom. The molecule has 136 valence electrons. The maximum absolute atomic E-state index is 5.65. The molecule has 0 unspecified atom stereocenters. The standard InChI is InChI=1S/C18H19N3O3S2/c1-22-14-8-12-5-6-20(10-13(12)9-15(14)23-2)11-21-18(25)24-17(19-21)16-4-3-7-26-16/h3-4,7-9H,5-6,10-11H2,1-2H3. The maximum Gasteiger partial charge on any atom is 0.288 e. The van der Waals surface area contributed by atoms with Gasteiger partial charge < -0.3 is 13.9 Å². The fraction of sp³-hybridized carbons (Fsp3) is 0.333. The van der Waals surface area contributed by atoms with E-state index < -0.39 is 0 Å². The summed E-state index contributed by atoms with van der Waals surface area (Å²) in [6, 6.07) is 8.08. The van der Waals surface area contributed by atoms with Crippen LogP contribution in [0, 0.1) is 4.84 Å². The first-order chi connectivity index (χ1) is 12.7. The normalized spacial score (nSPS) is 14.2. The van der Waals surface area contributed by atoms with Gasteiger partial charge in [0.1, 0.15) is 0 Å². The van der Waals surface area contributed by atoms with Crippen LogP contribution in [-0.2, 0) is 19.6 Å². The molecule has 0 atom stereocenters. The van der Waals surface area contributed by atoms with Gasteiger partial charge >= 0.3 is 0 Å². The van der Waals surface area contributed by atoms with Gasteiger partial charge in [-0.1, -0.05) is 6.07 Å². The third-order valence-electron chi connectivity index (χ3n) is 4.47. The summed E-state index contributed by atoms with van der Waals surface area (Å²) in [5.41, 5.74) is 2.53. The minimum Gasteiger partial charge on any atom is -0.493 e. The molecule has 8 heteroatoms. The summed E-state index contributed by atoms with van der Waals surface area (Å²) < 4.78 is 18.2. The highest BCUT2D eigenvalue weighted by Crippen LogP contribution is 2.33. The third kappa shape index (κ3) is 3.27. The van der Waals surface area contributed by atoms with E-state index in [0.717, 1.165) is 35.9 Å². The van der Waals surface area contributed by atoms with Crippen molar-refractivity contribution in [3.63, 3.8) is 0 Å². The minimum atomic E-state index is 0.395. The predicted molar refractivity (Wildman–Crippen MR) is 102 cm³/mol. The average Bonchev–Trinajstić information content (AvgIpc) is 3.31. The topological polar surface area (TPSA) is 52.7 Å². The summed E-state index contributed by atoms with van der Waals surface area (Å²) >= 11 is 6.93. The van der Waals surface area contributed by atoms with Crippen LogP contribution in [0.4, 0.5) is 0 Å². The first-order valence-electron chi connectivity index (χ1n) is 8.26. The molecule has 0 radical (unpaired) electrons. The van der Waals surface area contributed by atoms with E-state index in [4.69, 9.17) is 26.1 Å². The molecule has 0 fully saturated rings. The van der Waals surface area contributed by atoms with Gasteiger partial charge in [-0.3, -0.25) is 4.90 Å². The Morgan fingerprint density at radius 2 is 2.00 bits per heavy atom. The summed E-state index contributed by atoms with van der Waals surface area (Å²) in [5.74, 6) is 2.11. The molecule has 0 amide bonds. The van der Waals surface area contributed by atoms with Gasteiger partial charge in [0.05, 0.1) is 25.8 Å². The van der Waals surface area contributed by atoms with Crippen LogP contribution in [0.15, 0.2) is 34.1 Å². The largest absolute Gasteiger partial charge is 0.493 e. The van der Waals surface area contributed by atoms with Gasteiger partial charge in [-0.05, 0) is 53.3 Å². The van der Waals surface area contributed by atoms with E-state index in [1.54, 1.807) is 30.2 Å². The molecule has 3 aromatic rings. The van der Waals surface area contributed by atoms with Crippen molar-refractivity contribution in [1.82, 2.24) is 14.7 Å². The predicted octanol–water partition coefficient (Wildman–Crippen LogP) is 3.97. The van der Waals surface area contributed by atoms with Crippen molar-refractivity contribution >= 4 is 23.6 Å². The lowest BCUT2D eigenvalue weighted by Gasteiger charge is -2.29. The number of fused-ring (bicyclic) bond motifs is 1. The number of aromatic nitrogens is 2. The quantitative estimate of drug-likeness (QED) is 0.616. The Labute approximate surface area is 160 Å². The lowest BCUT2D eigenvalue weighted by molar-refractivity contribution is 0.185. The Morgan fingerprint density at radius 3 is 2.69 bits per heavy atom. The Kier molecular flexibility index (Phi) is 4.80. The van der Waals surface area contributed by atoms with Gasteiger partial charge in [-0.15, -0.1) is 16.4 Å². The summed E-state index contributed by atoms with van der Waals surface area (Å²) in [6.45, 7) is 2.33. The van der Waals surface area contributed by atoms with E-state index in [0.29, 0.717) is 17.4 Å². The van der Waals surface area contributed by atoms with Gasteiger partial charge in [-0.2, -0.15) is 0 Å². The fourth-order valence-electron chi connectivity index (χ4n) is 3.15. The van der Waals surface area contributed by atoms with Crippen LogP contribution in [0.1, 0.15) is 11.1 Å². The molecule has 0 bridgehead atoms. The molecule has 2 aromatic heterocycles. The molecule has 3 heterocycles. The molecule has 0 saturated heterocycles. The first-order valence-corrected chi connectivity index (χ1v) is 9.54. The molecule has 26 heavy (non-hydrogen) atoms. The smallest absolute Gasteiger partial charge is 0.288 e. The van der Waals surface area contributed by atoms with Crippen molar-refractivity contribution in [3.05, 3.63) is 45.6 Å². The lowest BCUT2D eigenvalue weighted by Crippen LogP contribution is -2.32. The lowest BCUT2D eigenvalue weighted by atomic mass is 9.99. The average molecular weight is 390 g/mol. The highest BCUT2D eigenvalue weighted by molar-refractivity contribution is 7.71. The van der Waals surface area contributed by atoms with Gasteiger partial charge in [0.15, 0.2) is 11.5 Å². The minimum absolute atomic E-state index is 0.395. The monoisotopic (exact) mass is 389 g/mol. The Hall–Kier alpha value is -2.16. The summed E-state index contributed by atoms with van der Waals surface area (Å²) in [7, 11) is 3.32. The Balaban J connectivity index is 1.54. The molecule has 1 aliphatic rings. The zero-order chi connectivity index (χ0) is 18.1. The number of benzene rings is 1. The molecular formula is C18H19N3O3S2. The van der Waals surface area contributed by atoms with Crippen molar-refractivity contribution in [2.75, 3.05) is 20.8 Å². The van der Waals surface area contributed by atoms with Crippen molar-refractivity contribution in [3.8, 4) is 22.3 Å². The fourth-order valence-corrected chi connectivity index (χ4v) is 3.97.